The van der Waals surface area contributed by atoms with Crippen molar-refractivity contribution in [2.45, 2.75) is 18.2 Å². The summed E-state index contributed by atoms with van der Waals surface area (Å²) in [6.45, 7) is 1.79. The molecule has 0 aliphatic carbocycles. The first-order valence-corrected chi connectivity index (χ1v) is 10.0. The molecule has 0 aliphatic rings. The summed E-state index contributed by atoms with van der Waals surface area (Å²) in [7, 11) is 1.78. The Balaban J connectivity index is 1.61. The first kappa shape index (κ1) is 19.6. The minimum Gasteiger partial charge on any atom is -0.481 e. The number of halogens is 2. The van der Waals surface area contributed by atoms with Crippen molar-refractivity contribution in [2.75, 3.05) is 11.1 Å². The Hall–Kier alpha value is -2.17. The summed E-state index contributed by atoms with van der Waals surface area (Å²) >= 11 is 8.59. The molecule has 0 saturated heterocycles. The molecule has 142 valence electrons. The third kappa shape index (κ3) is 4.96. The Morgan fingerprint density at radius 2 is 2.30 bits per heavy atom. The van der Waals surface area contributed by atoms with Gasteiger partial charge in [-0.1, -0.05) is 23.4 Å². The maximum absolute atomic E-state index is 13.1. The molecule has 1 unspecified atom stereocenters. The van der Waals surface area contributed by atoms with Crippen LogP contribution < -0.4 is 10.1 Å². The highest BCUT2D eigenvalue weighted by atomic mass is 35.5. The number of benzene rings is 1. The Labute approximate surface area is 167 Å². The van der Waals surface area contributed by atoms with Crippen LogP contribution in [0.15, 0.2) is 34.9 Å². The molecule has 1 aromatic carbocycles. The lowest BCUT2D eigenvalue weighted by molar-refractivity contribution is -0.113. The quantitative estimate of drug-likeness (QED) is 0.575. The largest absolute Gasteiger partial charge is 0.481 e. The van der Waals surface area contributed by atoms with Crippen LogP contribution in [0.1, 0.15) is 18.9 Å². The molecule has 0 bridgehead atoms. The lowest BCUT2D eigenvalue weighted by Crippen LogP contribution is -2.14. The average Bonchev–Trinajstić information content (AvgIpc) is 3.25. The molecule has 3 aromatic rings. The van der Waals surface area contributed by atoms with E-state index >= 15 is 0 Å². The zero-order valence-corrected chi connectivity index (χ0v) is 16.7. The van der Waals surface area contributed by atoms with Gasteiger partial charge in [0.1, 0.15) is 11.6 Å². The van der Waals surface area contributed by atoms with Crippen molar-refractivity contribution >= 4 is 45.7 Å². The fourth-order valence-corrected chi connectivity index (χ4v) is 3.67. The number of hydrogen-bond donors (Lipinski definition) is 1. The molecule has 2 heterocycles. The number of anilines is 1. The van der Waals surface area contributed by atoms with Gasteiger partial charge in [-0.05, 0) is 25.1 Å². The molecule has 7 nitrogen and oxygen atoms in total. The molecular formula is C16H15ClFN5O2S2. The van der Waals surface area contributed by atoms with E-state index < -0.39 is 11.9 Å². The number of thiazole rings is 1. The lowest BCUT2D eigenvalue weighted by Gasteiger charge is -2.15. The molecule has 3 rings (SSSR count). The topological polar surface area (TPSA) is 81.9 Å². The van der Waals surface area contributed by atoms with Gasteiger partial charge in [-0.3, -0.25) is 4.79 Å². The second-order valence-corrected chi connectivity index (χ2v) is 7.65. The molecule has 0 saturated carbocycles. The van der Waals surface area contributed by atoms with Crippen LogP contribution in [0.4, 0.5) is 9.52 Å². The highest BCUT2D eigenvalue weighted by Gasteiger charge is 2.19. The normalized spacial score (nSPS) is 12.0. The Morgan fingerprint density at radius 1 is 1.48 bits per heavy atom. The number of amides is 1. The van der Waals surface area contributed by atoms with Crippen LogP contribution in [-0.4, -0.2) is 31.4 Å². The van der Waals surface area contributed by atoms with Crippen molar-refractivity contribution in [2.24, 2.45) is 7.05 Å². The zero-order chi connectivity index (χ0) is 19.4. The Bertz CT molecular complexity index is 935. The zero-order valence-electron chi connectivity index (χ0n) is 14.3. The molecule has 1 N–H and O–H groups in total. The molecule has 27 heavy (non-hydrogen) atoms. The molecule has 1 amide bonds. The first-order chi connectivity index (χ1) is 12.9. The number of ether oxygens (including phenoxy) is 1. The van der Waals surface area contributed by atoms with Crippen molar-refractivity contribution in [3.8, 4) is 5.75 Å². The fourth-order valence-electron chi connectivity index (χ4n) is 2.19. The third-order valence-electron chi connectivity index (χ3n) is 3.44. The van der Waals surface area contributed by atoms with Gasteiger partial charge >= 0.3 is 0 Å². The number of thioether (sulfide) groups is 1. The lowest BCUT2D eigenvalue weighted by atomic mass is 10.3. The number of hydrogen-bond acceptors (Lipinski definition) is 7. The SMILES string of the molecule is CC(Oc1ccc(F)cc1Cl)c1nnc(SCC(=O)Nc2nccs2)n1C. The summed E-state index contributed by atoms with van der Waals surface area (Å²) in [4.78, 5) is 16.0. The number of nitrogens with zero attached hydrogens (tertiary/aromatic N) is 4. The third-order valence-corrected chi connectivity index (χ3v) is 5.45. The second-order valence-electron chi connectivity index (χ2n) is 5.41. The predicted molar refractivity (Wildman–Crippen MR) is 103 cm³/mol. The summed E-state index contributed by atoms with van der Waals surface area (Å²) in [5.41, 5.74) is 0. The van der Waals surface area contributed by atoms with Crippen LogP contribution in [-0.2, 0) is 11.8 Å². The highest BCUT2D eigenvalue weighted by molar-refractivity contribution is 7.99. The van der Waals surface area contributed by atoms with Gasteiger partial charge in [0.25, 0.3) is 0 Å². The minimum atomic E-state index is -0.469. The number of carbonyl (C=O) groups is 1. The van der Waals surface area contributed by atoms with Gasteiger partial charge in [-0.15, -0.1) is 21.5 Å². The van der Waals surface area contributed by atoms with Crippen molar-refractivity contribution < 1.29 is 13.9 Å². The van der Waals surface area contributed by atoms with E-state index in [9.17, 15) is 9.18 Å². The fraction of sp³-hybridized carbons (Fsp3) is 0.250. The van der Waals surface area contributed by atoms with Crippen LogP contribution in [0.3, 0.4) is 0 Å². The molecule has 0 aliphatic heterocycles. The van der Waals surface area contributed by atoms with Gasteiger partial charge in [0, 0.05) is 18.6 Å². The van der Waals surface area contributed by atoms with E-state index in [0.29, 0.717) is 21.9 Å². The van der Waals surface area contributed by atoms with E-state index in [1.165, 1.54) is 41.3 Å². The van der Waals surface area contributed by atoms with Crippen molar-refractivity contribution in [3.05, 3.63) is 46.4 Å². The van der Waals surface area contributed by atoms with E-state index in [0.717, 1.165) is 0 Å². The van der Waals surface area contributed by atoms with Crippen LogP contribution in [0.2, 0.25) is 5.02 Å². The molecule has 0 spiro atoms. The van der Waals surface area contributed by atoms with Gasteiger partial charge in [-0.2, -0.15) is 0 Å². The standard InChI is InChI=1S/C16H15ClFN5O2S2/c1-9(25-12-4-3-10(18)7-11(12)17)14-21-22-16(23(14)2)27-8-13(24)20-15-19-5-6-26-15/h3-7,9H,8H2,1-2H3,(H,19,20,24). The van der Waals surface area contributed by atoms with Gasteiger partial charge in [-0.25, -0.2) is 9.37 Å². The van der Waals surface area contributed by atoms with Gasteiger partial charge in [0.05, 0.1) is 10.8 Å². The summed E-state index contributed by atoms with van der Waals surface area (Å²) in [6, 6.07) is 3.92. The molecule has 2 aromatic heterocycles. The van der Waals surface area contributed by atoms with E-state index in [-0.39, 0.29) is 16.7 Å². The highest BCUT2D eigenvalue weighted by Crippen LogP contribution is 2.30. The van der Waals surface area contributed by atoms with Gasteiger partial charge < -0.3 is 14.6 Å². The van der Waals surface area contributed by atoms with Crippen LogP contribution >= 0.6 is 34.7 Å². The molecule has 0 radical (unpaired) electrons. The second kappa shape index (κ2) is 8.68. The maximum atomic E-state index is 13.1. The van der Waals surface area contributed by atoms with Crippen LogP contribution in [0.25, 0.3) is 0 Å². The van der Waals surface area contributed by atoms with Gasteiger partial charge in [0.2, 0.25) is 5.91 Å². The van der Waals surface area contributed by atoms with E-state index in [1.54, 1.807) is 30.1 Å². The Morgan fingerprint density at radius 3 is 3.00 bits per heavy atom. The van der Waals surface area contributed by atoms with Crippen LogP contribution in [0.5, 0.6) is 5.75 Å². The molecule has 0 fully saturated rings. The summed E-state index contributed by atoms with van der Waals surface area (Å²) < 4.78 is 20.6. The number of rotatable bonds is 7. The van der Waals surface area contributed by atoms with Gasteiger partial charge in [0.15, 0.2) is 22.2 Å². The van der Waals surface area contributed by atoms with E-state index in [4.69, 9.17) is 16.3 Å². The first-order valence-electron chi connectivity index (χ1n) is 7.77. The van der Waals surface area contributed by atoms with Crippen molar-refractivity contribution in [3.63, 3.8) is 0 Å². The molecule has 1 atom stereocenters. The summed E-state index contributed by atoms with van der Waals surface area (Å²) in [6.07, 6.45) is 1.15. The number of aromatic nitrogens is 4. The van der Waals surface area contributed by atoms with E-state index in [2.05, 4.69) is 20.5 Å². The maximum Gasteiger partial charge on any atom is 0.236 e. The van der Waals surface area contributed by atoms with E-state index in [1.807, 2.05) is 0 Å². The summed E-state index contributed by atoms with van der Waals surface area (Å²) in [5, 5.41) is 14.0. The molecular weight excluding hydrogens is 413 g/mol. The Kier molecular flexibility index (Phi) is 6.30. The van der Waals surface area contributed by atoms with Crippen molar-refractivity contribution in [1.29, 1.82) is 0 Å². The minimum absolute atomic E-state index is 0.171. The average molecular weight is 428 g/mol. The van der Waals surface area contributed by atoms with Crippen LogP contribution in [0, 0.1) is 5.82 Å². The number of carbonyl (C=O) groups excluding carboxylic acids is 1. The molecule has 11 heteroatoms. The van der Waals surface area contributed by atoms with Crippen molar-refractivity contribution in [1.82, 2.24) is 19.7 Å². The monoisotopic (exact) mass is 427 g/mol. The summed E-state index contributed by atoms with van der Waals surface area (Å²) in [5.74, 6) is 0.462. The number of nitrogens with one attached hydrogen (secondary N) is 1. The predicted octanol–water partition coefficient (Wildman–Crippen LogP) is 3.93. The smallest absolute Gasteiger partial charge is 0.236 e.